The van der Waals surface area contributed by atoms with Gasteiger partial charge in [0.1, 0.15) is 0 Å². The Balaban J connectivity index is 2.34. The second-order valence-electron chi connectivity index (χ2n) is 3.26. The molecule has 1 rings (SSSR count). The van der Waals surface area contributed by atoms with Crippen LogP contribution in [0, 0.1) is 0 Å². The number of anilines is 1. The molecule has 0 unspecified atom stereocenters. The molecule has 14 heavy (non-hydrogen) atoms. The zero-order valence-corrected chi connectivity index (χ0v) is 8.37. The number of nitrogens with one attached hydrogen (secondary N) is 1. The van der Waals surface area contributed by atoms with Crippen LogP contribution in [0.2, 0.25) is 0 Å². The van der Waals surface area contributed by atoms with Crippen molar-refractivity contribution >= 4 is 5.69 Å². The maximum atomic E-state index is 8.60. The minimum atomic E-state index is 0.268. The highest BCUT2D eigenvalue weighted by Gasteiger charge is 1.93. The lowest BCUT2D eigenvalue weighted by Crippen LogP contribution is -2.03. The largest absolute Gasteiger partial charge is 0.396 e. The molecule has 1 aromatic carbocycles. The molecule has 0 amide bonds. The molecule has 0 aliphatic rings. The first-order valence-corrected chi connectivity index (χ1v) is 5.00. The first-order chi connectivity index (χ1) is 6.86. The Morgan fingerprint density at radius 2 is 2.14 bits per heavy atom. The Bertz CT molecular complexity index is 263. The van der Waals surface area contributed by atoms with Crippen LogP contribution in [0.4, 0.5) is 5.69 Å². The summed E-state index contributed by atoms with van der Waals surface area (Å²) < 4.78 is 0. The van der Waals surface area contributed by atoms with E-state index >= 15 is 0 Å². The zero-order valence-electron chi connectivity index (χ0n) is 8.37. The average molecular weight is 194 g/mol. The number of rotatable bonds is 6. The van der Waals surface area contributed by atoms with E-state index < -0.39 is 0 Å². The summed E-state index contributed by atoms with van der Waals surface area (Å²) in [4.78, 5) is 0. The van der Waals surface area contributed by atoms with E-state index in [2.05, 4.69) is 11.4 Å². The lowest BCUT2D eigenvalue weighted by Gasteiger charge is -2.06. The van der Waals surface area contributed by atoms with Gasteiger partial charge >= 0.3 is 0 Å². The molecule has 3 heteroatoms. The summed E-state index contributed by atoms with van der Waals surface area (Å²) >= 11 is 0. The Hall–Kier alpha value is -1.06. The van der Waals surface area contributed by atoms with Gasteiger partial charge in [-0.3, -0.25) is 0 Å². The molecule has 0 atom stereocenters. The molecule has 4 N–H and O–H groups in total. The summed E-state index contributed by atoms with van der Waals surface area (Å²) in [5, 5.41) is 11.9. The summed E-state index contributed by atoms with van der Waals surface area (Å²) in [7, 11) is 0. The predicted molar refractivity (Wildman–Crippen MR) is 59.1 cm³/mol. The Kier molecular flexibility index (Phi) is 5.04. The van der Waals surface area contributed by atoms with Crippen molar-refractivity contribution in [3.63, 3.8) is 0 Å². The van der Waals surface area contributed by atoms with Crippen LogP contribution in [-0.2, 0) is 6.54 Å². The third-order valence-electron chi connectivity index (χ3n) is 2.08. The molecule has 0 heterocycles. The van der Waals surface area contributed by atoms with Crippen molar-refractivity contribution in [2.45, 2.75) is 19.4 Å². The molecule has 78 valence electrons. The maximum absolute atomic E-state index is 8.60. The number of hydrogen-bond donors (Lipinski definition) is 3. The molecular formula is C11H18N2O. The van der Waals surface area contributed by atoms with Crippen LogP contribution in [-0.4, -0.2) is 18.3 Å². The van der Waals surface area contributed by atoms with Crippen LogP contribution in [0.25, 0.3) is 0 Å². The fourth-order valence-electron chi connectivity index (χ4n) is 1.28. The Morgan fingerprint density at radius 1 is 1.29 bits per heavy atom. The van der Waals surface area contributed by atoms with Gasteiger partial charge in [-0.15, -0.1) is 0 Å². The van der Waals surface area contributed by atoms with Gasteiger partial charge in [-0.25, -0.2) is 0 Å². The molecule has 0 saturated heterocycles. The van der Waals surface area contributed by atoms with Crippen molar-refractivity contribution in [1.82, 2.24) is 0 Å². The second-order valence-corrected chi connectivity index (χ2v) is 3.26. The number of nitrogens with two attached hydrogens (primary N) is 1. The summed E-state index contributed by atoms with van der Waals surface area (Å²) in [5.41, 5.74) is 7.77. The molecule has 0 spiro atoms. The third kappa shape index (κ3) is 3.77. The monoisotopic (exact) mass is 194 g/mol. The van der Waals surface area contributed by atoms with E-state index in [4.69, 9.17) is 10.8 Å². The molecule has 0 fully saturated rings. The molecule has 0 radical (unpaired) electrons. The van der Waals surface area contributed by atoms with E-state index in [0.29, 0.717) is 6.54 Å². The van der Waals surface area contributed by atoms with Crippen LogP contribution >= 0.6 is 0 Å². The number of aliphatic hydroxyl groups is 1. The van der Waals surface area contributed by atoms with Gasteiger partial charge < -0.3 is 16.2 Å². The van der Waals surface area contributed by atoms with Gasteiger partial charge in [0.15, 0.2) is 0 Å². The minimum Gasteiger partial charge on any atom is -0.396 e. The lowest BCUT2D eigenvalue weighted by molar-refractivity contribution is 0.286. The molecule has 1 aromatic rings. The summed E-state index contributed by atoms with van der Waals surface area (Å²) in [6.45, 7) is 1.74. The second kappa shape index (κ2) is 6.40. The van der Waals surface area contributed by atoms with Gasteiger partial charge in [-0.05, 0) is 30.5 Å². The fraction of sp³-hybridized carbons (Fsp3) is 0.455. The molecule has 3 nitrogen and oxygen atoms in total. The standard InChI is InChI=1S/C11H18N2O/c12-9-10-4-3-5-11(8-10)13-6-1-2-7-14/h3-5,8,13-14H,1-2,6-7,9,12H2. The quantitative estimate of drug-likeness (QED) is 0.599. The van der Waals surface area contributed by atoms with E-state index in [0.717, 1.165) is 30.6 Å². The minimum absolute atomic E-state index is 0.268. The van der Waals surface area contributed by atoms with Crippen molar-refractivity contribution in [2.24, 2.45) is 5.73 Å². The zero-order chi connectivity index (χ0) is 10.2. The van der Waals surface area contributed by atoms with Crippen molar-refractivity contribution < 1.29 is 5.11 Å². The number of hydrogen-bond acceptors (Lipinski definition) is 3. The molecule has 0 saturated carbocycles. The van der Waals surface area contributed by atoms with Gasteiger partial charge in [0.25, 0.3) is 0 Å². The van der Waals surface area contributed by atoms with Crippen LogP contribution in [0.3, 0.4) is 0 Å². The summed E-state index contributed by atoms with van der Waals surface area (Å²) in [5.74, 6) is 0. The smallest absolute Gasteiger partial charge is 0.0431 e. The average Bonchev–Trinajstić information content (AvgIpc) is 2.25. The Morgan fingerprint density at radius 3 is 2.86 bits per heavy atom. The molecule has 0 aromatic heterocycles. The maximum Gasteiger partial charge on any atom is 0.0431 e. The van der Waals surface area contributed by atoms with Gasteiger partial charge in [-0.1, -0.05) is 12.1 Å². The Labute approximate surface area is 84.9 Å². The predicted octanol–water partition coefficient (Wildman–Crippen LogP) is 1.33. The number of benzene rings is 1. The molecule has 0 aliphatic carbocycles. The highest BCUT2D eigenvalue weighted by molar-refractivity contribution is 5.45. The van der Waals surface area contributed by atoms with Crippen LogP contribution in [0.5, 0.6) is 0 Å². The third-order valence-corrected chi connectivity index (χ3v) is 2.08. The first-order valence-electron chi connectivity index (χ1n) is 5.00. The van der Waals surface area contributed by atoms with Crippen molar-refractivity contribution in [3.8, 4) is 0 Å². The van der Waals surface area contributed by atoms with E-state index in [1.165, 1.54) is 0 Å². The van der Waals surface area contributed by atoms with Crippen LogP contribution in [0.15, 0.2) is 24.3 Å². The normalized spacial score (nSPS) is 10.1. The van der Waals surface area contributed by atoms with E-state index in [1.54, 1.807) is 0 Å². The van der Waals surface area contributed by atoms with Crippen LogP contribution < -0.4 is 11.1 Å². The van der Waals surface area contributed by atoms with Gasteiger partial charge in [-0.2, -0.15) is 0 Å². The van der Waals surface area contributed by atoms with Gasteiger partial charge in [0, 0.05) is 25.4 Å². The summed E-state index contributed by atoms with van der Waals surface area (Å²) in [6, 6.07) is 8.09. The lowest BCUT2D eigenvalue weighted by atomic mass is 10.2. The van der Waals surface area contributed by atoms with E-state index in [-0.39, 0.29) is 6.61 Å². The number of aliphatic hydroxyl groups excluding tert-OH is 1. The van der Waals surface area contributed by atoms with Gasteiger partial charge in [0.2, 0.25) is 0 Å². The van der Waals surface area contributed by atoms with E-state index in [9.17, 15) is 0 Å². The SMILES string of the molecule is NCc1cccc(NCCCCO)c1. The van der Waals surface area contributed by atoms with Gasteiger partial charge in [0.05, 0.1) is 0 Å². The number of unbranched alkanes of at least 4 members (excludes halogenated alkanes) is 1. The summed E-state index contributed by atoms with van der Waals surface area (Å²) in [6.07, 6.45) is 1.84. The molecule has 0 bridgehead atoms. The van der Waals surface area contributed by atoms with Crippen LogP contribution in [0.1, 0.15) is 18.4 Å². The van der Waals surface area contributed by atoms with Crippen molar-refractivity contribution in [3.05, 3.63) is 29.8 Å². The molecule has 0 aliphatic heterocycles. The van der Waals surface area contributed by atoms with E-state index in [1.807, 2.05) is 18.2 Å². The highest BCUT2D eigenvalue weighted by atomic mass is 16.2. The highest BCUT2D eigenvalue weighted by Crippen LogP contribution is 2.09. The fourth-order valence-corrected chi connectivity index (χ4v) is 1.28. The molecular weight excluding hydrogens is 176 g/mol. The first kappa shape index (κ1) is 11.0. The van der Waals surface area contributed by atoms with Crippen molar-refractivity contribution in [2.75, 3.05) is 18.5 Å². The van der Waals surface area contributed by atoms with Crippen molar-refractivity contribution in [1.29, 1.82) is 0 Å². The topological polar surface area (TPSA) is 58.3 Å².